The number of esters is 1. The Morgan fingerprint density at radius 3 is 2.04 bits per heavy atom. The molecule has 0 spiro atoms. The molecular formula is C19H26N2O5S. The molecule has 0 N–H and O–H groups in total. The van der Waals surface area contributed by atoms with Gasteiger partial charge < -0.3 is 9.64 Å². The van der Waals surface area contributed by atoms with Gasteiger partial charge in [-0.25, -0.2) is 8.42 Å². The predicted octanol–water partition coefficient (Wildman–Crippen LogP) is 1.50. The number of carbonyl (C=O) groups is 2. The van der Waals surface area contributed by atoms with E-state index in [2.05, 4.69) is 0 Å². The number of methoxy groups -OCH3 is 1. The number of piperidine rings is 2. The van der Waals surface area contributed by atoms with Crippen LogP contribution in [0.2, 0.25) is 0 Å². The van der Waals surface area contributed by atoms with Crippen molar-refractivity contribution < 1.29 is 22.7 Å². The van der Waals surface area contributed by atoms with Crippen LogP contribution < -0.4 is 0 Å². The predicted molar refractivity (Wildman–Crippen MR) is 99.2 cm³/mol. The molecule has 2 aliphatic heterocycles. The van der Waals surface area contributed by atoms with E-state index in [1.165, 1.54) is 11.4 Å². The van der Waals surface area contributed by atoms with E-state index < -0.39 is 10.0 Å². The third kappa shape index (κ3) is 4.32. The highest BCUT2D eigenvalue weighted by molar-refractivity contribution is 7.89. The van der Waals surface area contributed by atoms with Gasteiger partial charge in [0, 0.05) is 32.1 Å². The van der Waals surface area contributed by atoms with Gasteiger partial charge in [-0.05, 0) is 37.8 Å². The van der Waals surface area contributed by atoms with E-state index in [4.69, 9.17) is 4.74 Å². The number of rotatable bonds is 4. The Balaban J connectivity index is 1.54. The van der Waals surface area contributed by atoms with Gasteiger partial charge in [0.15, 0.2) is 0 Å². The van der Waals surface area contributed by atoms with E-state index in [9.17, 15) is 18.0 Å². The van der Waals surface area contributed by atoms with Crippen LogP contribution in [-0.4, -0.2) is 62.8 Å². The second-order valence-corrected chi connectivity index (χ2v) is 9.05. The Morgan fingerprint density at radius 2 is 1.48 bits per heavy atom. The summed E-state index contributed by atoms with van der Waals surface area (Å²) in [4.78, 5) is 26.5. The largest absolute Gasteiger partial charge is 0.469 e. The molecule has 2 aliphatic rings. The first-order valence-electron chi connectivity index (χ1n) is 9.35. The summed E-state index contributed by atoms with van der Waals surface area (Å²) in [5, 5.41) is 0. The number of carbonyl (C=O) groups excluding carboxylic acids is 2. The van der Waals surface area contributed by atoms with E-state index in [0.717, 1.165) is 0 Å². The molecule has 27 heavy (non-hydrogen) atoms. The van der Waals surface area contributed by atoms with E-state index >= 15 is 0 Å². The molecule has 7 nitrogen and oxygen atoms in total. The molecule has 2 heterocycles. The van der Waals surface area contributed by atoms with Crippen molar-refractivity contribution in [3.8, 4) is 0 Å². The van der Waals surface area contributed by atoms with Crippen LogP contribution in [0.4, 0.5) is 0 Å². The Hall–Kier alpha value is -1.93. The molecule has 0 aliphatic carbocycles. The van der Waals surface area contributed by atoms with E-state index in [0.29, 0.717) is 56.8 Å². The van der Waals surface area contributed by atoms with Crippen molar-refractivity contribution in [2.45, 2.75) is 30.6 Å². The lowest BCUT2D eigenvalue weighted by atomic mass is 9.92. The maximum Gasteiger partial charge on any atom is 0.308 e. The van der Waals surface area contributed by atoms with Gasteiger partial charge in [0.05, 0.1) is 17.9 Å². The van der Waals surface area contributed by atoms with E-state index in [1.54, 1.807) is 30.3 Å². The minimum Gasteiger partial charge on any atom is -0.469 e. The smallest absolute Gasteiger partial charge is 0.308 e. The second kappa shape index (κ2) is 8.39. The van der Waals surface area contributed by atoms with Crippen LogP contribution >= 0.6 is 0 Å². The zero-order valence-electron chi connectivity index (χ0n) is 15.5. The normalized spacial score (nSPS) is 20.4. The third-order valence-electron chi connectivity index (χ3n) is 5.53. The lowest BCUT2D eigenvalue weighted by molar-refractivity contribution is -0.149. The summed E-state index contributed by atoms with van der Waals surface area (Å²) in [5.74, 6) is -0.407. The van der Waals surface area contributed by atoms with Gasteiger partial charge in [-0.2, -0.15) is 4.31 Å². The van der Waals surface area contributed by atoms with Crippen molar-refractivity contribution in [1.29, 1.82) is 0 Å². The molecular weight excluding hydrogens is 368 g/mol. The summed E-state index contributed by atoms with van der Waals surface area (Å²) in [7, 11) is -2.11. The summed E-state index contributed by atoms with van der Waals surface area (Å²) < 4.78 is 31.6. The third-order valence-corrected chi connectivity index (χ3v) is 7.44. The second-order valence-electron chi connectivity index (χ2n) is 7.11. The standard InChI is InChI=1S/C19H26N2O5S/c1-26-19(23)16-7-11-20(12-8-16)18(22)15-9-13-21(14-10-15)27(24,25)17-5-3-2-4-6-17/h2-6,15-16H,7-14H2,1H3. The Kier molecular flexibility index (Phi) is 6.16. The fourth-order valence-electron chi connectivity index (χ4n) is 3.85. The highest BCUT2D eigenvalue weighted by atomic mass is 32.2. The van der Waals surface area contributed by atoms with Crippen LogP contribution in [0.3, 0.4) is 0 Å². The molecule has 2 saturated heterocycles. The average molecular weight is 394 g/mol. The highest BCUT2D eigenvalue weighted by Crippen LogP contribution is 2.27. The van der Waals surface area contributed by atoms with Crippen LogP contribution in [0, 0.1) is 11.8 Å². The summed E-state index contributed by atoms with van der Waals surface area (Å²) in [6, 6.07) is 8.39. The molecule has 148 valence electrons. The summed E-state index contributed by atoms with van der Waals surface area (Å²) in [6.07, 6.45) is 2.31. The maximum absolute atomic E-state index is 12.8. The van der Waals surface area contributed by atoms with Crippen LogP contribution in [0.1, 0.15) is 25.7 Å². The number of benzene rings is 1. The first kappa shape index (κ1) is 19.8. The number of likely N-dealkylation sites (tertiary alicyclic amines) is 1. The maximum atomic E-state index is 12.8. The molecule has 0 bridgehead atoms. The fourth-order valence-corrected chi connectivity index (χ4v) is 5.34. The quantitative estimate of drug-likeness (QED) is 0.723. The summed E-state index contributed by atoms with van der Waals surface area (Å²) in [5.41, 5.74) is 0. The molecule has 1 aromatic rings. The SMILES string of the molecule is COC(=O)C1CCN(C(=O)C2CCN(S(=O)(=O)c3ccccc3)CC2)CC1. The van der Waals surface area contributed by atoms with Gasteiger partial charge in [-0.1, -0.05) is 18.2 Å². The van der Waals surface area contributed by atoms with Crippen LogP contribution in [0.5, 0.6) is 0 Å². The van der Waals surface area contributed by atoms with Crippen LogP contribution in [0.25, 0.3) is 0 Å². The minimum atomic E-state index is -3.50. The first-order valence-corrected chi connectivity index (χ1v) is 10.8. The number of hydrogen-bond donors (Lipinski definition) is 0. The van der Waals surface area contributed by atoms with Gasteiger partial charge in [0.1, 0.15) is 0 Å². The molecule has 1 amide bonds. The zero-order chi connectivity index (χ0) is 19.4. The number of amides is 1. The lowest BCUT2D eigenvalue weighted by Crippen LogP contribution is -2.47. The van der Waals surface area contributed by atoms with E-state index in [-0.39, 0.29) is 23.7 Å². The van der Waals surface area contributed by atoms with Gasteiger partial charge >= 0.3 is 5.97 Å². The molecule has 0 radical (unpaired) electrons. The molecule has 3 rings (SSSR count). The first-order chi connectivity index (χ1) is 12.9. The van der Waals surface area contributed by atoms with Crippen molar-refractivity contribution in [3.05, 3.63) is 30.3 Å². The van der Waals surface area contributed by atoms with Gasteiger partial charge in [0.25, 0.3) is 0 Å². The van der Waals surface area contributed by atoms with Crippen LogP contribution in [-0.2, 0) is 24.3 Å². The molecule has 0 saturated carbocycles. The Labute approximate surface area is 160 Å². The van der Waals surface area contributed by atoms with Crippen molar-refractivity contribution >= 4 is 21.9 Å². The van der Waals surface area contributed by atoms with Gasteiger partial charge in [0.2, 0.25) is 15.9 Å². The topological polar surface area (TPSA) is 84.0 Å². The lowest BCUT2D eigenvalue weighted by Gasteiger charge is -2.36. The molecule has 8 heteroatoms. The highest BCUT2D eigenvalue weighted by Gasteiger charge is 2.35. The van der Waals surface area contributed by atoms with Gasteiger partial charge in [-0.15, -0.1) is 0 Å². The van der Waals surface area contributed by atoms with Crippen molar-refractivity contribution in [1.82, 2.24) is 9.21 Å². The van der Waals surface area contributed by atoms with Crippen molar-refractivity contribution in [3.63, 3.8) is 0 Å². The summed E-state index contributed by atoms with van der Waals surface area (Å²) >= 11 is 0. The number of hydrogen-bond acceptors (Lipinski definition) is 5. The average Bonchev–Trinajstić information content (AvgIpc) is 2.73. The number of sulfonamides is 1. The number of nitrogens with zero attached hydrogens (tertiary/aromatic N) is 2. The van der Waals surface area contributed by atoms with E-state index in [1.807, 2.05) is 4.90 Å². The molecule has 0 atom stereocenters. The molecule has 0 unspecified atom stereocenters. The zero-order valence-corrected chi connectivity index (χ0v) is 16.4. The monoisotopic (exact) mass is 394 g/mol. The van der Waals surface area contributed by atoms with Gasteiger partial charge in [-0.3, -0.25) is 9.59 Å². The molecule has 0 aromatic heterocycles. The summed E-state index contributed by atoms with van der Waals surface area (Å²) in [6.45, 7) is 1.82. The fraction of sp³-hybridized carbons (Fsp3) is 0.579. The molecule has 2 fully saturated rings. The van der Waals surface area contributed by atoms with Crippen molar-refractivity contribution in [2.75, 3.05) is 33.3 Å². The van der Waals surface area contributed by atoms with Crippen molar-refractivity contribution in [2.24, 2.45) is 11.8 Å². The Morgan fingerprint density at radius 1 is 0.926 bits per heavy atom. The Bertz CT molecular complexity index is 765. The minimum absolute atomic E-state index is 0.0788. The number of ether oxygens (including phenoxy) is 1. The van der Waals surface area contributed by atoms with Crippen LogP contribution in [0.15, 0.2) is 35.2 Å². The molecule has 1 aromatic carbocycles.